The molecule has 4 fully saturated rings. The van der Waals surface area contributed by atoms with E-state index in [1.54, 1.807) is 0 Å². The second-order valence-electron chi connectivity index (χ2n) is 17.3. The number of benzene rings is 2. The maximum absolute atomic E-state index is 12.9. The Kier molecular flexibility index (Phi) is 8.90. The summed E-state index contributed by atoms with van der Waals surface area (Å²) in [5.74, 6) is 5.11. The van der Waals surface area contributed by atoms with E-state index in [-0.39, 0.29) is 10.8 Å². The van der Waals surface area contributed by atoms with Crippen molar-refractivity contribution in [2.45, 2.75) is 134 Å². The van der Waals surface area contributed by atoms with Gasteiger partial charge in [-0.25, -0.2) is 0 Å². The van der Waals surface area contributed by atoms with E-state index in [0.29, 0.717) is 68.7 Å². The predicted molar refractivity (Wildman–Crippen MR) is 191 cm³/mol. The highest BCUT2D eigenvalue weighted by Crippen LogP contribution is 2.70. The highest BCUT2D eigenvalue weighted by Gasteiger charge is 2.68. The van der Waals surface area contributed by atoms with Gasteiger partial charge in [0, 0.05) is 19.6 Å². The lowest BCUT2D eigenvalue weighted by molar-refractivity contribution is -0.181. The van der Waals surface area contributed by atoms with Gasteiger partial charge in [0.05, 0.1) is 11.2 Å². The summed E-state index contributed by atoms with van der Waals surface area (Å²) in [7, 11) is 0. The van der Waals surface area contributed by atoms with E-state index in [4.69, 9.17) is 18.9 Å². The Balaban J connectivity index is 0.975. The minimum absolute atomic E-state index is 0.153. The monoisotopic (exact) mass is 672 g/mol. The van der Waals surface area contributed by atoms with Crippen molar-refractivity contribution in [1.82, 2.24) is 0 Å². The second kappa shape index (κ2) is 12.8. The number of aliphatic hydroxyl groups is 2. The van der Waals surface area contributed by atoms with Crippen LogP contribution in [0.5, 0.6) is 11.5 Å². The zero-order valence-electron chi connectivity index (χ0n) is 30.5. The molecule has 6 aliphatic carbocycles. The van der Waals surface area contributed by atoms with Crippen molar-refractivity contribution < 1.29 is 29.2 Å². The highest BCUT2D eigenvalue weighted by atomic mass is 16.7. The van der Waals surface area contributed by atoms with Crippen LogP contribution >= 0.6 is 0 Å². The van der Waals surface area contributed by atoms with Crippen LogP contribution < -0.4 is 9.47 Å². The van der Waals surface area contributed by atoms with Gasteiger partial charge in [-0.1, -0.05) is 26.0 Å². The molecule has 0 saturated heterocycles. The molecule has 0 radical (unpaired) electrons. The van der Waals surface area contributed by atoms with Gasteiger partial charge in [0.1, 0.15) is 11.5 Å². The van der Waals surface area contributed by atoms with Crippen molar-refractivity contribution >= 4 is 0 Å². The Bertz CT molecular complexity index is 1410. The van der Waals surface area contributed by atoms with E-state index in [0.717, 1.165) is 75.7 Å². The standard InChI is InChI=1S/C43H60O6/c1-5-46-26-48-30-9-13-32-28(23-30)7-11-36-34(32)15-19-40(3)38(36)17-21-42(40,44)25-43(45)22-18-39-37-12-8-29-24-31(49-27-47-6-2)10-14-33(29)35(37)16-20-41(39,43)4/h9-10,13-14,23-24,34-39,44-45H,5-8,11-12,15-22,25-27H2,1-4H3/t34-,35-,36-,37-,38+,39+,40+,41+,42-,43-/m1/s1. The first kappa shape index (κ1) is 34.0. The summed E-state index contributed by atoms with van der Waals surface area (Å²) in [5, 5.41) is 25.7. The van der Waals surface area contributed by atoms with E-state index < -0.39 is 11.2 Å². The third-order valence-corrected chi connectivity index (χ3v) is 15.7. The Labute approximate surface area is 294 Å². The SMILES string of the molecule is CCOCOc1ccc2c(c1)CC[C@@H]1[C@@H]2CC[C@@]2(C)[C@H]1CC[C@@]2(O)C[C@]1(O)CC[C@H]2[C@@H]3CCc4cc(OCOCC)ccc4[C@H]3CC[C@@]21C. The van der Waals surface area contributed by atoms with Gasteiger partial charge in [-0.15, -0.1) is 0 Å². The lowest BCUT2D eigenvalue weighted by atomic mass is 9.49. The molecule has 2 aromatic rings. The fourth-order valence-corrected chi connectivity index (χ4v) is 13.0. The van der Waals surface area contributed by atoms with Gasteiger partial charge in [-0.3, -0.25) is 0 Å². The number of rotatable bonds is 10. The van der Waals surface area contributed by atoms with Crippen molar-refractivity contribution in [3.8, 4) is 11.5 Å². The molecule has 0 aromatic heterocycles. The maximum Gasteiger partial charge on any atom is 0.189 e. The van der Waals surface area contributed by atoms with Gasteiger partial charge in [0.2, 0.25) is 0 Å². The molecule has 0 bridgehead atoms. The van der Waals surface area contributed by atoms with Gasteiger partial charge >= 0.3 is 0 Å². The van der Waals surface area contributed by atoms with Crippen molar-refractivity contribution in [2.75, 3.05) is 26.8 Å². The molecule has 6 aliphatic rings. The molecule has 10 atom stereocenters. The number of ether oxygens (including phenoxy) is 4. The Hall–Kier alpha value is -2.12. The number of hydrogen-bond donors (Lipinski definition) is 2. The third kappa shape index (κ3) is 5.40. The summed E-state index contributed by atoms with van der Waals surface area (Å²) in [4.78, 5) is 0. The molecule has 4 saturated carbocycles. The van der Waals surface area contributed by atoms with Crippen LogP contribution in [-0.4, -0.2) is 48.2 Å². The predicted octanol–water partition coefficient (Wildman–Crippen LogP) is 8.70. The average molecular weight is 673 g/mol. The molecule has 0 heterocycles. The van der Waals surface area contributed by atoms with Gasteiger partial charge in [0.25, 0.3) is 0 Å². The molecule has 0 amide bonds. The molecule has 2 aromatic carbocycles. The van der Waals surface area contributed by atoms with Crippen LogP contribution in [0.1, 0.15) is 132 Å². The highest BCUT2D eigenvalue weighted by molar-refractivity contribution is 5.42. The van der Waals surface area contributed by atoms with Crippen LogP contribution in [-0.2, 0) is 22.3 Å². The normalized spacial score (nSPS) is 40.4. The van der Waals surface area contributed by atoms with Crippen molar-refractivity contribution in [1.29, 1.82) is 0 Å². The first-order valence-corrected chi connectivity index (χ1v) is 19.7. The van der Waals surface area contributed by atoms with Crippen LogP contribution in [0, 0.1) is 34.5 Å². The van der Waals surface area contributed by atoms with E-state index in [9.17, 15) is 10.2 Å². The summed E-state index contributed by atoms with van der Waals surface area (Å²) in [6, 6.07) is 13.4. The van der Waals surface area contributed by atoms with Gasteiger partial charge in [-0.05, 0) is 184 Å². The molecule has 2 N–H and O–H groups in total. The fourth-order valence-electron chi connectivity index (χ4n) is 13.0. The summed E-state index contributed by atoms with van der Waals surface area (Å²) in [6.07, 6.45) is 13.1. The summed E-state index contributed by atoms with van der Waals surface area (Å²) in [5.41, 5.74) is 3.93. The van der Waals surface area contributed by atoms with Gasteiger partial charge in [0.15, 0.2) is 13.6 Å². The van der Waals surface area contributed by atoms with Crippen LogP contribution in [0.25, 0.3) is 0 Å². The molecule has 49 heavy (non-hydrogen) atoms. The van der Waals surface area contributed by atoms with Crippen LogP contribution in [0.15, 0.2) is 36.4 Å². The lowest BCUT2D eigenvalue weighted by Gasteiger charge is -2.57. The quantitative estimate of drug-likeness (QED) is 0.194. The lowest BCUT2D eigenvalue weighted by Crippen LogP contribution is -2.58. The maximum atomic E-state index is 12.9. The molecular weight excluding hydrogens is 612 g/mol. The average Bonchev–Trinajstić information content (AvgIpc) is 3.52. The van der Waals surface area contributed by atoms with Crippen molar-refractivity contribution in [2.24, 2.45) is 34.5 Å². The van der Waals surface area contributed by atoms with Crippen LogP contribution in [0.2, 0.25) is 0 Å². The Morgan fingerprint density at radius 3 is 1.49 bits per heavy atom. The topological polar surface area (TPSA) is 77.4 Å². The molecule has 0 aliphatic heterocycles. The third-order valence-electron chi connectivity index (χ3n) is 15.7. The second-order valence-corrected chi connectivity index (χ2v) is 17.3. The van der Waals surface area contributed by atoms with Crippen LogP contribution in [0.4, 0.5) is 0 Å². The zero-order valence-corrected chi connectivity index (χ0v) is 30.5. The largest absolute Gasteiger partial charge is 0.468 e. The molecule has 0 unspecified atom stereocenters. The number of hydrogen-bond acceptors (Lipinski definition) is 6. The molecule has 6 nitrogen and oxygen atoms in total. The minimum Gasteiger partial charge on any atom is -0.468 e. The summed E-state index contributed by atoms with van der Waals surface area (Å²) in [6.45, 7) is 10.7. The van der Waals surface area contributed by atoms with E-state index in [1.165, 1.54) is 35.1 Å². The first-order valence-electron chi connectivity index (χ1n) is 19.7. The van der Waals surface area contributed by atoms with E-state index in [2.05, 4.69) is 50.2 Å². The smallest absolute Gasteiger partial charge is 0.189 e. The Morgan fingerprint density at radius 2 is 1.06 bits per heavy atom. The summed E-state index contributed by atoms with van der Waals surface area (Å²) < 4.78 is 22.5. The van der Waals surface area contributed by atoms with Gasteiger partial charge < -0.3 is 29.2 Å². The van der Waals surface area contributed by atoms with E-state index >= 15 is 0 Å². The van der Waals surface area contributed by atoms with Crippen molar-refractivity contribution in [3.05, 3.63) is 58.7 Å². The molecule has 8 rings (SSSR count). The number of aryl methyl sites for hydroxylation is 2. The minimum atomic E-state index is -0.819. The van der Waals surface area contributed by atoms with Gasteiger partial charge in [-0.2, -0.15) is 0 Å². The zero-order chi connectivity index (χ0) is 34.0. The molecule has 268 valence electrons. The Morgan fingerprint density at radius 1 is 0.612 bits per heavy atom. The molecule has 0 spiro atoms. The van der Waals surface area contributed by atoms with E-state index in [1.807, 2.05) is 13.8 Å². The molecule has 6 heteroatoms. The number of fused-ring (bicyclic) bond motifs is 10. The summed E-state index contributed by atoms with van der Waals surface area (Å²) >= 11 is 0. The van der Waals surface area contributed by atoms with Crippen molar-refractivity contribution in [3.63, 3.8) is 0 Å². The first-order chi connectivity index (χ1) is 23.6. The molecular formula is C43H60O6. The fraction of sp³-hybridized carbons (Fsp3) is 0.721. The van der Waals surface area contributed by atoms with Crippen LogP contribution in [0.3, 0.4) is 0 Å².